The van der Waals surface area contributed by atoms with Gasteiger partial charge in [0.15, 0.2) is 5.82 Å². The highest BCUT2D eigenvalue weighted by atomic mass is 32.2. The number of benzene rings is 7. The Labute approximate surface area is 321 Å². The zero-order valence-electron chi connectivity index (χ0n) is 29.1. The number of hydrogen-bond acceptors (Lipinski definition) is 5. The van der Waals surface area contributed by atoms with Crippen LogP contribution in [0.2, 0.25) is 0 Å². The molecule has 0 saturated carbocycles. The molecule has 3 heterocycles. The summed E-state index contributed by atoms with van der Waals surface area (Å²) >= 11 is 3.41. The Morgan fingerprint density at radius 3 is 2.15 bits per heavy atom. The molecule has 256 valence electrons. The highest BCUT2D eigenvalue weighted by molar-refractivity contribution is 8.00. The van der Waals surface area contributed by atoms with Crippen LogP contribution in [0, 0.1) is 0 Å². The summed E-state index contributed by atoms with van der Waals surface area (Å²) in [5.74, 6) is 0.801. The number of nitrogens with zero attached hydrogens (tertiary/aromatic N) is 4. The summed E-state index contributed by atoms with van der Waals surface area (Å²) in [5, 5.41) is 5.91. The first-order valence-electron chi connectivity index (χ1n) is 18.2. The lowest BCUT2D eigenvalue weighted by Gasteiger charge is -2.43. The van der Waals surface area contributed by atoms with E-state index in [4.69, 9.17) is 9.36 Å². The highest BCUT2D eigenvalue weighted by Crippen LogP contribution is 2.51. The molecule has 0 saturated heterocycles. The summed E-state index contributed by atoms with van der Waals surface area (Å²) in [6.45, 7) is 0. The summed E-state index contributed by atoms with van der Waals surface area (Å²) in [5.41, 5.74) is 10.6. The molecule has 6 heteroatoms. The maximum atomic E-state index is 5.36. The molecule has 1 aliphatic heterocycles. The van der Waals surface area contributed by atoms with Crippen molar-refractivity contribution < 1.29 is 0 Å². The van der Waals surface area contributed by atoms with Gasteiger partial charge in [-0.25, -0.2) is 4.98 Å². The van der Waals surface area contributed by atoms with Crippen LogP contribution in [0.3, 0.4) is 0 Å². The zero-order valence-corrected chi connectivity index (χ0v) is 30.7. The number of rotatable bonds is 5. The van der Waals surface area contributed by atoms with E-state index in [0.717, 1.165) is 33.2 Å². The number of allylic oxidation sites excluding steroid dienone is 2. The highest BCUT2D eigenvalue weighted by Gasteiger charge is 2.39. The van der Waals surface area contributed by atoms with E-state index < -0.39 is 0 Å². The Morgan fingerprint density at radius 2 is 1.31 bits per heavy atom. The van der Waals surface area contributed by atoms with Crippen LogP contribution in [0.15, 0.2) is 187 Å². The van der Waals surface area contributed by atoms with Gasteiger partial charge >= 0.3 is 0 Å². The van der Waals surface area contributed by atoms with Crippen LogP contribution in [-0.2, 0) is 0 Å². The number of thioether (sulfide) groups is 1. The Hall–Kier alpha value is -6.21. The van der Waals surface area contributed by atoms with Crippen molar-refractivity contribution in [2.45, 2.75) is 16.2 Å². The Balaban J connectivity index is 1.01. The van der Waals surface area contributed by atoms with Crippen LogP contribution in [-0.4, -0.2) is 25.2 Å². The lowest BCUT2D eigenvalue weighted by molar-refractivity contribution is 0.784. The minimum atomic E-state index is 0.0972. The van der Waals surface area contributed by atoms with Crippen LogP contribution in [0.5, 0.6) is 0 Å². The molecule has 2 aromatic heterocycles. The van der Waals surface area contributed by atoms with Gasteiger partial charge in [0, 0.05) is 38.2 Å². The quantitative estimate of drug-likeness (QED) is 0.177. The second kappa shape index (κ2) is 12.7. The third-order valence-electron chi connectivity index (χ3n) is 10.7. The first-order chi connectivity index (χ1) is 26.8. The molecule has 7 aromatic carbocycles. The Kier molecular flexibility index (Phi) is 7.38. The van der Waals surface area contributed by atoms with Gasteiger partial charge < -0.3 is 9.47 Å². The number of fused-ring (bicyclic) bond motifs is 6. The van der Waals surface area contributed by atoms with Crippen molar-refractivity contribution in [3.63, 3.8) is 0 Å². The van der Waals surface area contributed by atoms with E-state index in [9.17, 15) is 0 Å². The van der Waals surface area contributed by atoms with Crippen molar-refractivity contribution in [2.75, 3.05) is 4.90 Å². The molecule has 2 atom stereocenters. The smallest absolute Gasteiger partial charge is 0.170 e. The van der Waals surface area contributed by atoms with Gasteiger partial charge in [-0.15, -0.1) is 11.8 Å². The van der Waals surface area contributed by atoms with Crippen molar-refractivity contribution in [3.8, 4) is 27.4 Å². The largest absolute Gasteiger partial charge is 0.332 e. The van der Waals surface area contributed by atoms with Gasteiger partial charge in [-0.1, -0.05) is 127 Å². The van der Waals surface area contributed by atoms with Crippen LogP contribution < -0.4 is 4.90 Å². The van der Waals surface area contributed by atoms with E-state index in [-0.39, 0.29) is 11.3 Å². The average Bonchev–Trinajstić information content (AvgIpc) is 3.86. The van der Waals surface area contributed by atoms with Crippen molar-refractivity contribution in [1.29, 1.82) is 0 Å². The SMILES string of the molecule is C1=CC2C(Sc3ccccc3N2c2ccc(-c3ccccc3)cc2)C(c2nsc(-c3cccc4c3c3cc5ccccc5cc3n4-c3ccccc3)n2)=C1. The second-order valence-electron chi connectivity index (χ2n) is 13.8. The minimum absolute atomic E-state index is 0.0972. The minimum Gasteiger partial charge on any atom is -0.332 e. The van der Waals surface area contributed by atoms with Gasteiger partial charge in [-0.3, -0.25) is 0 Å². The van der Waals surface area contributed by atoms with E-state index in [1.807, 2.05) is 11.8 Å². The third-order valence-corrected chi connectivity index (χ3v) is 12.9. The topological polar surface area (TPSA) is 34.0 Å². The number of anilines is 2. The molecule has 9 aromatic rings. The number of aromatic nitrogens is 3. The summed E-state index contributed by atoms with van der Waals surface area (Å²) < 4.78 is 7.49. The molecule has 2 aliphatic rings. The van der Waals surface area contributed by atoms with Crippen LogP contribution in [0.4, 0.5) is 11.4 Å². The van der Waals surface area contributed by atoms with Gasteiger partial charge in [-0.05, 0) is 88.0 Å². The maximum Gasteiger partial charge on any atom is 0.170 e. The first kappa shape index (κ1) is 31.3. The molecule has 2 unspecified atom stereocenters. The summed E-state index contributed by atoms with van der Waals surface area (Å²) in [7, 11) is 0. The standard InChI is InChI=1S/C48H32N4S2/c1-3-13-31(14-4-1)32-25-27-36(28-26-32)51-40-21-9-10-24-44(40)53-46-38(20-12-23-42(46)51)47-49-48(54-50-47)37-19-11-22-41-45(37)39-29-33-15-7-8-16-34(33)30-43(39)52(41)35-17-5-2-6-18-35/h1-30,42,46H. The second-order valence-corrected chi connectivity index (χ2v) is 15.7. The molecule has 0 spiro atoms. The first-order valence-corrected chi connectivity index (χ1v) is 19.9. The fraction of sp³-hybridized carbons (Fsp3) is 0.0417. The molecule has 54 heavy (non-hydrogen) atoms. The molecule has 1 aliphatic carbocycles. The van der Waals surface area contributed by atoms with E-state index in [1.54, 1.807) is 0 Å². The number of para-hydroxylation sites is 2. The summed E-state index contributed by atoms with van der Waals surface area (Å²) in [6, 6.07) is 59.0. The van der Waals surface area contributed by atoms with Gasteiger partial charge in [-0.2, -0.15) is 4.37 Å². The molecule has 11 rings (SSSR count). The Morgan fingerprint density at radius 1 is 0.593 bits per heavy atom. The monoisotopic (exact) mass is 728 g/mol. The molecule has 0 radical (unpaired) electrons. The van der Waals surface area contributed by atoms with Gasteiger partial charge in [0.2, 0.25) is 0 Å². The van der Waals surface area contributed by atoms with Crippen molar-refractivity contribution in [1.82, 2.24) is 13.9 Å². The van der Waals surface area contributed by atoms with Crippen molar-refractivity contribution >= 4 is 72.8 Å². The predicted molar refractivity (Wildman–Crippen MR) is 228 cm³/mol. The average molecular weight is 729 g/mol. The normalized spacial score (nSPS) is 16.4. The Bertz CT molecular complexity index is 2920. The summed E-state index contributed by atoms with van der Waals surface area (Å²) in [6.07, 6.45) is 6.74. The van der Waals surface area contributed by atoms with Crippen LogP contribution >= 0.6 is 23.3 Å². The fourth-order valence-electron chi connectivity index (χ4n) is 8.26. The van der Waals surface area contributed by atoms with Crippen molar-refractivity contribution in [3.05, 3.63) is 188 Å². The lowest BCUT2D eigenvalue weighted by atomic mass is 9.95. The number of hydrogen-bond donors (Lipinski definition) is 0. The van der Waals surface area contributed by atoms with Crippen molar-refractivity contribution in [2.24, 2.45) is 0 Å². The van der Waals surface area contributed by atoms with E-state index in [1.165, 1.54) is 66.0 Å². The van der Waals surface area contributed by atoms with Crippen LogP contribution in [0.25, 0.3) is 65.5 Å². The van der Waals surface area contributed by atoms with Gasteiger partial charge in [0.05, 0.1) is 28.0 Å². The molecule has 0 bridgehead atoms. The molecular weight excluding hydrogens is 697 g/mol. The predicted octanol–water partition coefficient (Wildman–Crippen LogP) is 12.8. The molecular formula is C48H32N4S2. The molecule has 0 N–H and O–H groups in total. The van der Waals surface area contributed by atoms with E-state index in [0.29, 0.717) is 0 Å². The molecule has 4 nitrogen and oxygen atoms in total. The zero-order chi connectivity index (χ0) is 35.6. The molecule has 0 amide bonds. The fourth-order valence-corrected chi connectivity index (χ4v) is 10.4. The van der Waals surface area contributed by atoms with Gasteiger partial charge in [0.1, 0.15) is 5.01 Å². The maximum absolute atomic E-state index is 5.36. The lowest BCUT2D eigenvalue weighted by Crippen LogP contribution is -2.42. The third kappa shape index (κ3) is 5.06. The van der Waals surface area contributed by atoms with E-state index >= 15 is 0 Å². The molecule has 0 fully saturated rings. The van der Waals surface area contributed by atoms with Crippen LogP contribution in [0.1, 0.15) is 5.82 Å². The van der Waals surface area contributed by atoms with Gasteiger partial charge in [0.25, 0.3) is 0 Å². The summed E-state index contributed by atoms with van der Waals surface area (Å²) in [4.78, 5) is 9.11. The van der Waals surface area contributed by atoms with E-state index in [2.05, 4.69) is 191 Å².